The molecule has 0 amide bonds. The largest absolute Gasteiger partial charge is 0.411 e. The van der Waals surface area contributed by atoms with Gasteiger partial charge in [-0.15, -0.1) is 0 Å². The first-order chi connectivity index (χ1) is 11.4. The molecule has 2 unspecified atom stereocenters. The van der Waals surface area contributed by atoms with Gasteiger partial charge in [0, 0.05) is 12.6 Å². The van der Waals surface area contributed by atoms with Crippen molar-refractivity contribution < 1.29 is 17.9 Å². The minimum atomic E-state index is -4.29. The lowest BCUT2D eigenvalue weighted by Gasteiger charge is -2.11. The minimum absolute atomic E-state index is 0.0488. The monoisotopic (exact) mass is 343 g/mol. The Balaban J connectivity index is 1.82. The molecule has 0 spiro atoms. The lowest BCUT2D eigenvalue weighted by Crippen LogP contribution is -2.39. The fourth-order valence-corrected chi connectivity index (χ4v) is 2.21. The number of hydrogen-bond acceptors (Lipinski definition) is 2. The summed E-state index contributed by atoms with van der Waals surface area (Å²) in [5, 5.41) is 6.59. The number of nitrogens with one attached hydrogen (secondary N) is 2. The summed E-state index contributed by atoms with van der Waals surface area (Å²) in [7, 11) is 0. The second-order valence-corrected chi connectivity index (χ2v) is 6.08. The Labute approximate surface area is 140 Å². The summed E-state index contributed by atoms with van der Waals surface area (Å²) in [5.41, 5.74) is 1.71. The van der Waals surface area contributed by atoms with E-state index in [0.717, 1.165) is 24.5 Å². The molecule has 1 aromatic rings. The molecule has 24 heavy (non-hydrogen) atoms. The number of alkyl halides is 3. The van der Waals surface area contributed by atoms with Crippen LogP contribution in [-0.4, -0.2) is 31.3 Å². The van der Waals surface area contributed by atoms with E-state index in [4.69, 9.17) is 0 Å². The Hall–Kier alpha value is -1.76. The van der Waals surface area contributed by atoms with Gasteiger partial charge < -0.3 is 15.4 Å². The molecule has 1 saturated carbocycles. The van der Waals surface area contributed by atoms with Crippen LogP contribution in [0.15, 0.2) is 29.3 Å². The zero-order valence-electron chi connectivity index (χ0n) is 14.0. The van der Waals surface area contributed by atoms with Crippen molar-refractivity contribution in [3.05, 3.63) is 35.4 Å². The van der Waals surface area contributed by atoms with Crippen molar-refractivity contribution in [1.29, 1.82) is 0 Å². The molecule has 0 bridgehead atoms. The van der Waals surface area contributed by atoms with Gasteiger partial charge in [-0.1, -0.05) is 31.2 Å². The Morgan fingerprint density at radius 1 is 1.25 bits per heavy atom. The normalized spacial score (nSPS) is 20.8. The molecule has 1 fully saturated rings. The van der Waals surface area contributed by atoms with Gasteiger partial charge in [-0.3, -0.25) is 0 Å². The maximum absolute atomic E-state index is 12.0. The van der Waals surface area contributed by atoms with Crippen molar-refractivity contribution in [2.24, 2.45) is 10.9 Å². The first-order valence-electron chi connectivity index (χ1n) is 8.14. The fraction of sp³-hybridized carbons (Fsp3) is 0.588. The summed E-state index contributed by atoms with van der Waals surface area (Å²) in [4.78, 5) is 4.54. The summed E-state index contributed by atoms with van der Waals surface area (Å²) in [6, 6.07) is 7.75. The minimum Gasteiger partial charge on any atom is -0.367 e. The third-order valence-electron chi connectivity index (χ3n) is 3.75. The van der Waals surface area contributed by atoms with Gasteiger partial charge in [0.1, 0.15) is 6.61 Å². The van der Waals surface area contributed by atoms with Gasteiger partial charge >= 0.3 is 6.18 Å². The predicted molar refractivity (Wildman–Crippen MR) is 87.7 cm³/mol. The molecule has 0 heterocycles. The van der Waals surface area contributed by atoms with Crippen LogP contribution >= 0.6 is 0 Å². The maximum atomic E-state index is 12.0. The Kier molecular flexibility index (Phi) is 6.48. The molecule has 1 aliphatic carbocycles. The van der Waals surface area contributed by atoms with E-state index in [1.54, 1.807) is 12.1 Å². The zero-order valence-corrected chi connectivity index (χ0v) is 14.0. The van der Waals surface area contributed by atoms with Crippen molar-refractivity contribution in [3.8, 4) is 0 Å². The second-order valence-electron chi connectivity index (χ2n) is 6.08. The third kappa shape index (κ3) is 6.78. The maximum Gasteiger partial charge on any atom is 0.411 e. The number of benzene rings is 1. The van der Waals surface area contributed by atoms with Crippen molar-refractivity contribution in [1.82, 2.24) is 10.6 Å². The van der Waals surface area contributed by atoms with Gasteiger partial charge in [0.25, 0.3) is 0 Å². The highest BCUT2D eigenvalue weighted by Gasteiger charge is 2.33. The molecule has 0 aliphatic heterocycles. The van der Waals surface area contributed by atoms with Gasteiger partial charge in [0.05, 0.1) is 13.2 Å². The molecule has 0 saturated heterocycles. The van der Waals surface area contributed by atoms with E-state index in [0.29, 0.717) is 24.1 Å². The van der Waals surface area contributed by atoms with E-state index in [1.807, 2.05) is 19.1 Å². The molecule has 2 N–H and O–H groups in total. The molecule has 0 radical (unpaired) electrons. The van der Waals surface area contributed by atoms with Crippen LogP contribution in [0.4, 0.5) is 13.2 Å². The Morgan fingerprint density at radius 3 is 2.42 bits per heavy atom. The van der Waals surface area contributed by atoms with Gasteiger partial charge in [-0.25, -0.2) is 4.99 Å². The smallest absolute Gasteiger partial charge is 0.367 e. The fourth-order valence-electron chi connectivity index (χ4n) is 2.21. The number of halogens is 3. The summed E-state index contributed by atoms with van der Waals surface area (Å²) < 4.78 is 40.7. The van der Waals surface area contributed by atoms with Crippen LogP contribution in [0.25, 0.3) is 0 Å². The van der Waals surface area contributed by atoms with Crippen LogP contribution in [-0.2, 0) is 17.9 Å². The highest BCUT2D eigenvalue weighted by atomic mass is 19.4. The first kappa shape index (κ1) is 18.6. The molecular formula is C17H24F3N3O. The average Bonchev–Trinajstić information content (AvgIpc) is 3.20. The molecule has 0 aromatic heterocycles. The van der Waals surface area contributed by atoms with Crippen molar-refractivity contribution >= 4 is 5.96 Å². The highest BCUT2D eigenvalue weighted by Crippen LogP contribution is 2.28. The summed E-state index contributed by atoms with van der Waals surface area (Å²) in [6.07, 6.45) is -3.12. The summed E-state index contributed by atoms with van der Waals surface area (Å²) in [5.74, 6) is 1.48. The first-order valence-corrected chi connectivity index (χ1v) is 8.14. The molecule has 1 aliphatic rings. The van der Waals surface area contributed by atoms with Crippen LogP contribution in [0.2, 0.25) is 0 Å². The van der Waals surface area contributed by atoms with Gasteiger partial charge in [0.15, 0.2) is 5.96 Å². The molecule has 2 rings (SSSR count). The van der Waals surface area contributed by atoms with E-state index in [2.05, 4.69) is 27.3 Å². The van der Waals surface area contributed by atoms with Gasteiger partial charge in [-0.05, 0) is 30.4 Å². The topological polar surface area (TPSA) is 45.7 Å². The number of guanidine groups is 1. The van der Waals surface area contributed by atoms with Crippen molar-refractivity contribution in [3.63, 3.8) is 0 Å². The van der Waals surface area contributed by atoms with Crippen LogP contribution in [0.5, 0.6) is 0 Å². The summed E-state index contributed by atoms with van der Waals surface area (Å²) in [6.45, 7) is 4.25. The Morgan fingerprint density at radius 2 is 1.88 bits per heavy atom. The second kappa shape index (κ2) is 8.37. The number of rotatable bonds is 7. The lowest BCUT2D eigenvalue weighted by molar-refractivity contribution is -0.176. The van der Waals surface area contributed by atoms with E-state index in [1.165, 1.54) is 0 Å². The SMILES string of the molecule is CCNC(=NCc1ccc(COCC(F)(F)F)cc1)NC1CC1C. The van der Waals surface area contributed by atoms with Gasteiger partial charge in [-0.2, -0.15) is 13.2 Å². The standard InChI is InChI=1S/C17H24F3N3O/c1-3-21-16(23-15-8-12(15)2)22-9-13-4-6-14(7-5-13)10-24-11-17(18,19)20/h4-7,12,15H,3,8-11H2,1-2H3,(H2,21,22,23). The van der Waals surface area contributed by atoms with Crippen molar-refractivity contribution in [2.45, 2.75) is 45.6 Å². The molecule has 7 heteroatoms. The predicted octanol–water partition coefficient (Wildman–Crippen LogP) is 3.23. The number of aliphatic imine (C=N–C) groups is 1. The number of hydrogen-bond donors (Lipinski definition) is 2. The number of nitrogens with zero attached hydrogens (tertiary/aromatic N) is 1. The van der Waals surface area contributed by atoms with Gasteiger partial charge in [0.2, 0.25) is 0 Å². The Bertz CT molecular complexity index is 543. The van der Waals surface area contributed by atoms with Crippen molar-refractivity contribution in [2.75, 3.05) is 13.2 Å². The van der Waals surface area contributed by atoms with Crippen LogP contribution in [0.1, 0.15) is 31.4 Å². The highest BCUT2D eigenvalue weighted by molar-refractivity contribution is 5.80. The molecule has 4 nitrogen and oxygen atoms in total. The van der Waals surface area contributed by atoms with Crippen LogP contribution in [0, 0.1) is 5.92 Å². The third-order valence-corrected chi connectivity index (χ3v) is 3.75. The quantitative estimate of drug-likeness (QED) is 0.590. The number of ether oxygens (including phenoxy) is 1. The molecule has 2 atom stereocenters. The molecule has 1 aromatic carbocycles. The molecule has 134 valence electrons. The van der Waals surface area contributed by atoms with Crippen LogP contribution in [0.3, 0.4) is 0 Å². The van der Waals surface area contributed by atoms with E-state index >= 15 is 0 Å². The van der Waals surface area contributed by atoms with Crippen LogP contribution < -0.4 is 10.6 Å². The van der Waals surface area contributed by atoms with E-state index < -0.39 is 12.8 Å². The average molecular weight is 343 g/mol. The van der Waals surface area contributed by atoms with E-state index in [9.17, 15) is 13.2 Å². The summed E-state index contributed by atoms with van der Waals surface area (Å²) >= 11 is 0. The van der Waals surface area contributed by atoms with E-state index in [-0.39, 0.29) is 6.61 Å². The lowest BCUT2D eigenvalue weighted by atomic mass is 10.1. The molecular weight excluding hydrogens is 319 g/mol. The zero-order chi connectivity index (χ0) is 17.6.